The first-order chi connectivity index (χ1) is 21.7. The van der Waals surface area contributed by atoms with Gasteiger partial charge < -0.3 is 9.13 Å². The number of hydrogen-bond donors (Lipinski definition) is 0. The molecule has 2 heterocycles. The summed E-state index contributed by atoms with van der Waals surface area (Å²) in [6.45, 7) is 0. The minimum absolute atomic E-state index is 0.986. The van der Waals surface area contributed by atoms with Crippen molar-refractivity contribution in [3.63, 3.8) is 0 Å². The van der Waals surface area contributed by atoms with Gasteiger partial charge in [0.25, 0.3) is 0 Å². The van der Waals surface area contributed by atoms with E-state index in [0.29, 0.717) is 0 Å². The molecule has 6 aromatic carbocycles. The second-order valence-electron chi connectivity index (χ2n) is 10.8. The van der Waals surface area contributed by atoms with Crippen LogP contribution in [0.3, 0.4) is 0 Å². The van der Waals surface area contributed by atoms with Gasteiger partial charge in [0.1, 0.15) is 11.6 Å². The van der Waals surface area contributed by atoms with Crippen LogP contribution in [0, 0.1) is 0 Å². The van der Waals surface area contributed by atoms with Crippen molar-refractivity contribution in [2.75, 3.05) is 0 Å². The van der Waals surface area contributed by atoms with Crippen LogP contribution in [0.5, 0.6) is 0 Å². The van der Waals surface area contributed by atoms with Crippen molar-refractivity contribution in [2.45, 2.75) is 0 Å². The third-order valence-electron chi connectivity index (χ3n) is 8.04. The van der Waals surface area contributed by atoms with Gasteiger partial charge in [-0.3, -0.25) is 0 Å². The second-order valence-corrected chi connectivity index (χ2v) is 10.8. The van der Waals surface area contributed by atoms with Crippen LogP contribution in [0.15, 0.2) is 158 Å². The summed E-state index contributed by atoms with van der Waals surface area (Å²) in [5, 5.41) is 0. The van der Waals surface area contributed by atoms with E-state index < -0.39 is 0 Å². The van der Waals surface area contributed by atoms with Gasteiger partial charge in [-0.2, -0.15) is 0 Å². The Hall–Kier alpha value is -5.74. The average Bonchev–Trinajstić information content (AvgIpc) is 3.62. The topological polar surface area (TPSA) is 35.6 Å². The van der Waals surface area contributed by atoms with E-state index in [9.17, 15) is 0 Å². The Morgan fingerprint density at radius 2 is 0.750 bits per heavy atom. The SMILES string of the molecule is Cn1c(-c2ccccc2)nc2cc(-c3ccccc3)c(-c3ccccc3)cc21.Cn1c(-c2ccccc2)nc2ccccc21. The molecule has 0 spiro atoms. The molecule has 8 rings (SSSR count). The van der Waals surface area contributed by atoms with Crippen LogP contribution in [0.4, 0.5) is 0 Å². The molecule has 2 aromatic heterocycles. The third kappa shape index (κ3) is 5.18. The van der Waals surface area contributed by atoms with Crippen molar-refractivity contribution >= 4 is 22.1 Å². The molecule has 0 fully saturated rings. The fourth-order valence-corrected chi connectivity index (χ4v) is 5.79. The van der Waals surface area contributed by atoms with Crippen molar-refractivity contribution < 1.29 is 0 Å². The zero-order chi connectivity index (χ0) is 29.9. The lowest BCUT2D eigenvalue weighted by Gasteiger charge is -2.11. The molecule has 0 atom stereocenters. The lowest BCUT2D eigenvalue weighted by Crippen LogP contribution is -1.93. The highest BCUT2D eigenvalue weighted by atomic mass is 15.1. The van der Waals surface area contributed by atoms with Crippen LogP contribution in [0.25, 0.3) is 67.1 Å². The fraction of sp³-hybridized carbons (Fsp3) is 0.0500. The molecule has 44 heavy (non-hydrogen) atoms. The molecule has 0 unspecified atom stereocenters. The number of hydrogen-bond acceptors (Lipinski definition) is 2. The lowest BCUT2D eigenvalue weighted by molar-refractivity contribution is 0.959. The Balaban J connectivity index is 0.000000165. The summed E-state index contributed by atoms with van der Waals surface area (Å²) in [5.41, 5.74) is 11.5. The first kappa shape index (κ1) is 27.1. The predicted octanol–water partition coefficient (Wildman–Crippen LogP) is 9.81. The smallest absolute Gasteiger partial charge is 0.140 e. The quantitative estimate of drug-likeness (QED) is 0.212. The Morgan fingerprint density at radius 3 is 1.25 bits per heavy atom. The molecule has 0 aliphatic heterocycles. The van der Waals surface area contributed by atoms with Gasteiger partial charge in [-0.25, -0.2) is 9.97 Å². The number of benzene rings is 6. The molecule has 0 saturated carbocycles. The molecule has 0 aliphatic rings. The molecule has 0 N–H and O–H groups in total. The first-order valence-electron chi connectivity index (χ1n) is 14.8. The van der Waals surface area contributed by atoms with Gasteiger partial charge in [-0.1, -0.05) is 133 Å². The van der Waals surface area contributed by atoms with Gasteiger partial charge in [0.05, 0.1) is 22.1 Å². The maximum absolute atomic E-state index is 4.97. The molecule has 4 heteroatoms. The van der Waals surface area contributed by atoms with Crippen LogP contribution in [0.2, 0.25) is 0 Å². The van der Waals surface area contributed by atoms with E-state index in [1.54, 1.807) is 0 Å². The van der Waals surface area contributed by atoms with Gasteiger partial charge in [-0.05, 0) is 46.5 Å². The number of nitrogens with zero attached hydrogens (tertiary/aromatic N) is 4. The second kappa shape index (κ2) is 11.9. The van der Waals surface area contributed by atoms with E-state index in [1.165, 1.54) is 27.8 Å². The summed E-state index contributed by atoms with van der Waals surface area (Å²) in [4.78, 5) is 9.61. The maximum atomic E-state index is 4.97. The number of rotatable bonds is 4. The highest BCUT2D eigenvalue weighted by molar-refractivity contribution is 5.95. The lowest BCUT2D eigenvalue weighted by atomic mass is 9.94. The summed E-state index contributed by atoms with van der Waals surface area (Å²) in [5.74, 6) is 2.00. The summed E-state index contributed by atoms with van der Waals surface area (Å²) in [6, 6.07) is 54.4. The van der Waals surface area contributed by atoms with E-state index in [1.807, 2.05) is 42.5 Å². The molecule has 0 bridgehead atoms. The summed E-state index contributed by atoms with van der Waals surface area (Å²) in [6.07, 6.45) is 0. The standard InChI is InChI=1S/C26H20N2.C14H12N2/c1-28-25-18-23(20-13-7-3-8-14-20)22(19-11-5-2-6-12-19)17-24(25)27-26(28)21-15-9-4-10-16-21;1-16-13-10-6-5-9-12(13)15-14(16)11-7-3-2-4-8-11/h2-18H,1H3;2-10H,1H3. The van der Waals surface area contributed by atoms with Crippen molar-refractivity contribution in [1.29, 1.82) is 0 Å². The van der Waals surface area contributed by atoms with Crippen LogP contribution >= 0.6 is 0 Å². The molecular weight excluding hydrogens is 536 g/mol. The molecule has 0 saturated heterocycles. The zero-order valence-electron chi connectivity index (χ0n) is 24.8. The number of aromatic nitrogens is 4. The van der Waals surface area contributed by atoms with Gasteiger partial charge in [0.15, 0.2) is 0 Å². The monoisotopic (exact) mass is 568 g/mol. The Labute approximate surface area is 257 Å². The summed E-state index contributed by atoms with van der Waals surface area (Å²) < 4.78 is 4.32. The maximum Gasteiger partial charge on any atom is 0.140 e. The minimum Gasteiger partial charge on any atom is -0.327 e. The zero-order valence-corrected chi connectivity index (χ0v) is 24.8. The Bertz CT molecular complexity index is 2160. The normalized spacial score (nSPS) is 11.0. The van der Waals surface area contributed by atoms with E-state index in [2.05, 4.69) is 143 Å². The Kier molecular flexibility index (Phi) is 7.31. The van der Waals surface area contributed by atoms with Gasteiger partial charge in [0.2, 0.25) is 0 Å². The van der Waals surface area contributed by atoms with E-state index in [4.69, 9.17) is 4.98 Å². The first-order valence-corrected chi connectivity index (χ1v) is 14.8. The predicted molar refractivity (Wildman–Crippen MR) is 183 cm³/mol. The molecule has 0 aliphatic carbocycles. The molecular formula is C40H32N4. The minimum atomic E-state index is 0.986. The number of aryl methyl sites for hydroxylation is 2. The van der Waals surface area contributed by atoms with Crippen molar-refractivity contribution in [3.8, 4) is 45.0 Å². The van der Waals surface area contributed by atoms with Crippen LogP contribution in [0.1, 0.15) is 0 Å². The number of imidazole rings is 2. The molecule has 212 valence electrons. The van der Waals surface area contributed by atoms with Crippen LogP contribution in [-0.4, -0.2) is 19.1 Å². The number of para-hydroxylation sites is 2. The number of fused-ring (bicyclic) bond motifs is 2. The van der Waals surface area contributed by atoms with Crippen molar-refractivity contribution in [2.24, 2.45) is 14.1 Å². The van der Waals surface area contributed by atoms with Gasteiger partial charge in [-0.15, -0.1) is 0 Å². The molecule has 8 aromatic rings. The molecule has 0 radical (unpaired) electrons. The highest BCUT2D eigenvalue weighted by Crippen LogP contribution is 2.36. The summed E-state index contributed by atoms with van der Waals surface area (Å²) in [7, 11) is 4.15. The third-order valence-corrected chi connectivity index (χ3v) is 8.04. The van der Waals surface area contributed by atoms with Gasteiger partial charge >= 0.3 is 0 Å². The average molecular weight is 569 g/mol. The van der Waals surface area contributed by atoms with Crippen LogP contribution < -0.4 is 0 Å². The van der Waals surface area contributed by atoms with E-state index in [-0.39, 0.29) is 0 Å². The summed E-state index contributed by atoms with van der Waals surface area (Å²) >= 11 is 0. The van der Waals surface area contributed by atoms with Crippen LogP contribution in [-0.2, 0) is 14.1 Å². The highest BCUT2D eigenvalue weighted by Gasteiger charge is 2.15. The largest absolute Gasteiger partial charge is 0.327 e. The fourth-order valence-electron chi connectivity index (χ4n) is 5.79. The molecule has 0 amide bonds. The van der Waals surface area contributed by atoms with Gasteiger partial charge in [0, 0.05) is 25.2 Å². The van der Waals surface area contributed by atoms with Crippen molar-refractivity contribution in [1.82, 2.24) is 19.1 Å². The molecule has 4 nitrogen and oxygen atoms in total. The van der Waals surface area contributed by atoms with Crippen molar-refractivity contribution in [3.05, 3.63) is 158 Å². The Morgan fingerprint density at radius 1 is 0.364 bits per heavy atom. The van der Waals surface area contributed by atoms with E-state index >= 15 is 0 Å². The van der Waals surface area contributed by atoms with E-state index in [0.717, 1.165) is 39.3 Å².